The number of hydrogen-bond donors (Lipinski definition) is 1. The average molecular weight is 293 g/mol. The zero-order chi connectivity index (χ0) is 13.7. The Hall–Kier alpha value is -1.75. The number of pyridine rings is 1. The first-order chi connectivity index (χ1) is 9.12. The molecule has 0 atom stereocenters. The minimum Gasteiger partial charge on any atom is -0.261 e. The lowest BCUT2D eigenvalue weighted by Gasteiger charge is -2.04. The van der Waals surface area contributed by atoms with Crippen LogP contribution in [0.15, 0.2) is 40.7 Å². The van der Waals surface area contributed by atoms with Crippen LogP contribution >= 0.6 is 11.3 Å². The monoisotopic (exact) mass is 293 g/mol. The minimum atomic E-state index is -3.53. The van der Waals surface area contributed by atoms with E-state index in [0.29, 0.717) is 11.3 Å². The Labute approximate surface area is 115 Å². The van der Waals surface area contributed by atoms with Crippen molar-refractivity contribution in [2.75, 3.05) is 6.54 Å². The van der Waals surface area contributed by atoms with Gasteiger partial charge >= 0.3 is 0 Å². The normalized spacial score (nSPS) is 11.1. The second kappa shape index (κ2) is 5.93. The van der Waals surface area contributed by atoms with Crippen LogP contribution in [0.5, 0.6) is 0 Å². The standard InChI is InChI=1S/C12H11N3O2S2/c13-9-11-4-5-12(18-11)19(16,17)15-8-6-10-3-1-2-7-14-10/h1-5,7,15H,6,8H2. The number of hydrogen-bond acceptors (Lipinski definition) is 5. The van der Waals surface area contributed by atoms with Crippen molar-refractivity contribution in [2.45, 2.75) is 10.6 Å². The van der Waals surface area contributed by atoms with Crippen LogP contribution < -0.4 is 4.72 Å². The molecule has 0 spiro atoms. The lowest BCUT2D eigenvalue weighted by atomic mass is 10.3. The molecule has 19 heavy (non-hydrogen) atoms. The SMILES string of the molecule is N#Cc1ccc(S(=O)(=O)NCCc2ccccn2)s1. The molecule has 5 nitrogen and oxygen atoms in total. The van der Waals surface area contributed by atoms with E-state index < -0.39 is 10.0 Å². The molecule has 0 radical (unpaired) electrons. The zero-order valence-corrected chi connectivity index (χ0v) is 11.5. The van der Waals surface area contributed by atoms with Crippen molar-refractivity contribution < 1.29 is 8.42 Å². The molecule has 0 aromatic carbocycles. The molecule has 0 aliphatic carbocycles. The zero-order valence-electron chi connectivity index (χ0n) is 9.91. The fourth-order valence-corrected chi connectivity index (χ4v) is 3.64. The summed E-state index contributed by atoms with van der Waals surface area (Å²) in [5.74, 6) is 0. The predicted octanol–water partition coefficient (Wildman–Crippen LogP) is 1.54. The Bertz CT molecular complexity index is 687. The molecule has 0 aliphatic rings. The molecule has 2 aromatic heterocycles. The Morgan fingerprint density at radius 1 is 1.32 bits per heavy atom. The van der Waals surface area contributed by atoms with Gasteiger partial charge in [-0.05, 0) is 24.3 Å². The van der Waals surface area contributed by atoms with Crippen LogP contribution in [0.4, 0.5) is 0 Å². The van der Waals surface area contributed by atoms with Gasteiger partial charge in [0, 0.05) is 24.9 Å². The summed E-state index contributed by atoms with van der Waals surface area (Å²) in [5, 5.41) is 8.68. The summed E-state index contributed by atoms with van der Waals surface area (Å²) in [5.41, 5.74) is 0.828. The van der Waals surface area contributed by atoms with E-state index in [0.717, 1.165) is 17.0 Å². The quantitative estimate of drug-likeness (QED) is 0.906. The Morgan fingerprint density at radius 2 is 2.16 bits per heavy atom. The highest BCUT2D eigenvalue weighted by molar-refractivity contribution is 7.91. The second-order valence-corrected chi connectivity index (χ2v) is 6.78. The first-order valence-corrected chi connectivity index (χ1v) is 7.81. The number of aromatic nitrogens is 1. The molecule has 0 bridgehead atoms. The van der Waals surface area contributed by atoms with Crippen molar-refractivity contribution in [3.63, 3.8) is 0 Å². The molecule has 98 valence electrons. The maximum Gasteiger partial charge on any atom is 0.250 e. The fraction of sp³-hybridized carbons (Fsp3) is 0.167. The molecular formula is C12H11N3O2S2. The van der Waals surface area contributed by atoms with E-state index in [1.807, 2.05) is 24.3 Å². The van der Waals surface area contributed by atoms with Gasteiger partial charge in [-0.1, -0.05) is 6.07 Å². The summed E-state index contributed by atoms with van der Waals surface area (Å²) >= 11 is 0.959. The Morgan fingerprint density at radius 3 is 2.79 bits per heavy atom. The van der Waals surface area contributed by atoms with Crippen LogP contribution in [0.1, 0.15) is 10.6 Å². The Kier molecular flexibility index (Phi) is 4.27. The number of thiophene rings is 1. The number of rotatable bonds is 5. The second-order valence-electron chi connectivity index (χ2n) is 3.70. The highest BCUT2D eigenvalue weighted by Gasteiger charge is 2.16. The molecule has 2 aromatic rings. The third kappa shape index (κ3) is 3.61. The van der Waals surface area contributed by atoms with Crippen molar-refractivity contribution in [1.82, 2.24) is 9.71 Å². The highest BCUT2D eigenvalue weighted by atomic mass is 32.2. The van der Waals surface area contributed by atoms with Gasteiger partial charge in [0.05, 0.1) is 0 Å². The summed E-state index contributed by atoms with van der Waals surface area (Å²) in [6.45, 7) is 0.277. The maximum atomic E-state index is 11.9. The molecule has 2 heterocycles. The van der Waals surface area contributed by atoms with E-state index in [1.165, 1.54) is 12.1 Å². The molecule has 0 aliphatic heterocycles. The van der Waals surface area contributed by atoms with Gasteiger partial charge < -0.3 is 0 Å². The van der Waals surface area contributed by atoms with Gasteiger partial charge in [-0.3, -0.25) is 4.98 Å². The molecule has 0 unspecified atom stereocenters. The van der Waals surface area contributed by atoms with Gasteiger partial charge in [-0.15, -0.1) is 11.3 Å². The Balaban J connectivity index is 1.97. The van der Waals surface area contributed by atoms with Gasteiger partial charge in [0.1, 0.15) is 15.2 Å². The van der Waals surface area contributed by atoms with Crippen LogP contribution in [-0.4, -0.2) is 19.9 Å². The average Bonchev–Trinajstić information content (AvgIpc) is 2.89. The highest BCUT2D eigenvalue weighted by Crippen LogP contribution is 2.20. The van der Waals surface area contributed by atoms with Crippen molar-refractivity contribution >= 4 is 21.4 Å². The lowest BCUT2D eigenvalue weighted by Crippen LogP contribution is -2.25. The summed E-state index contributed by atoms with van der Waals surface area (Å²) in [4.78, 5) is 4.49. The van der Waals surface area contributed by atoms with Gasteiger partial charge in [0.15, 0.2) is 0 Å². The summed E-state index contributed by atoms with van der Waals surface area (Å²) in [7, 11) is -3.53. The predicted molar refractivity (Wildman–Crippen MR) is 72.2 cm³/mol. The van der Waals surface area contributed by atoms with Gasteiger partial charge in [-0.25, -0.2) is 13.1 Å². The molecule has 2 rings (SSSR count). The third-order valence-electron chi connectivity index (χ3n) is 2.36. The molecule has 7 heteroatoms. The molecule has 0 fully saturated rings. The largest absolute Gasteiger partial charge is 0.261 e. The summed E-state index contributed by atoms with van der Waals surface area (Å²) in [6, 6.07) is 10.4. The number of sulfonamides is 1. The van der Waals surface area contributed by atoms with Crippen LogP contribution in [0.25, 0.3) is 0 Å². The minimum absolute atomic E-state index is 0.157. The number of nitrogens with zero attached hydrogens (tertiary/aromatic N) is 2. The van der Waals surface area contributed by atoms with Crippen LogP contribution in [0.2, 0.25) is 0 Å². The van der Waals surface area contributed by atoms with Gasteiger partial charge in [-0.2, -0.15) is 5.26 Å². The topological polar surface area (TPSA) is 82.8 Å². The van der Waals surface area contributed by atoms with Crippen molar-refractivity contribution in [3.05, 3.63) is 47.1 Å². The third-order valence-corrected chi connectivity index (χ3v) is 5.30. The molecule has 0 amide bonds. The van der Waals surface area contributed by atoms with Crippen molar-refractivity contribution in [3.8, 4) is 6.07 Å². The van der Waals surface area contributed by atoms with E-state index in [1.54, 1.807) is 6.20 Å². The maximum absolute atomic E-state index is 11.9. The van der Waals surface area contributed by atoms with E-state index in [-0.39, 0.29) is 10.8 Å². The van der Waals surface area contributed by atoms with Crippen LogP contribution in [0.3, 0.4) is 0 Å². The van der Waals surface area contributed by atoms with Gasteiger partial charge in [0.25, 0.3) is 0 Å². The molecular weight excluding hydrogens is 282 g/mol. The fourth-order valence-electron chi connectivity index (χ4n) is 1.46. The van der Waals surface area contributed by atoms with E-state index >= 15 is 0 Å². The molecule has 0 saturated heterocycles. The summed E-state index contributed by atoms with van der Waals surface area (Å²) in [6.07, 6.45) is 2.19. The first kappa shape index (κ1) is 13.7. The van der Waals surface area contributed by atoms with Gasteiger partial charge in [0.2, 0.25) is 10.0 Å². The van der Waals surface area contributed by atoms with E-state index in [2.05, 4.69) is 9.71 Å². The number of nitriles is 1. The first-order valence-electron chi connectivity index (χ1n) is 5.51. The summed E-state index contributed by atoms with van der Waals surface area (Å²) < 4.78 is 26.5. The molecule has 0 saturated carbocycles. The smallest absolute Gasteiger partial charge is 0.250 e. The van der Waals surface area contributed by atoms with Crippen molar-refractivity contribution in [1.29, 1.82) is 5.26 Å². The van der Waals surface area contributed by atoms with E-state index in [4.69, 9.17) is 5.26 Å². The number of nitrogens with one attached hydrogen (secondary N) is 1. The lowest BCUT2D eigenvalue weighted by molar-refractivity contribution is 0.583. The van der Waals surface area contributed by atoms with Crippen LogP contribution in [-0.2, 0) is 16.4 Å². The molecule has 1 N–H and O–H groups in total. The van der Waals surface area contributed by atoms with E-state index in [9.17, 15) is 8.42 Å². The van der Waals surface area contributed by atoms with Crippen molar-refractivity contribution in [2.24, 2.45) is 0 Å². The van der Waals surface area contributed by atoms with Crippen LogP contribution in [0, 0.1) is 11.3 Å².